The smallest absolute Gasteiger partial charge is 0.419 e. The van der Waals surface area contributed by atoms with Crippen LogP contribution in [0.3, 0.4) is 0 Å². The van der Waals surface area contributed by atoms with Crippen LogP contribution in [0.25, 0.3) is 11.1 Å². The first-order valence-corrected chi connectivity index (χ1v) is 5.92. The average molecular weight is 298 g/mol. The van der Waals surface area contributed by atoms with Crippen LogP contribution in [0.15, 0.2) is 36.4 Å². The van der Waals surface area contributed by atoms with Gasteiger partial charge in [0.1, 0.15) is 5.82 Å². The number of halogens is 4. The largest absolute Gasteiger partial charge is 0.478 e. The van der Waals surface area contributed by atoms with Gasteiger partial charge in [0, 0.05) is 0 Å². The van der Waals surface area contributed by atoms with Crippen LogP contribution in [-0.2, 0) is 6.18 Å². The van der Waals surface area contributed by atoms with Crippen LogP contribution >= 0.6 is 0 Å². The van der Waals surface area contributed by atoms with E-state index in [1.54, 1.807) is 0 Å². The normalized spacial score (nSPS) is 11.5. The molecule has 0 aromatic heterocycles. The van der Waals surface area contributed by atoms with E-state index in [1.807, 2.05) is 0 Å². The molecule has 2 aromatic rings. The Kier molecular flexibility index (Phi) is 3.72. The molecule has 21 heavy (non-hydrogen) atoms. The van der Waals surface area contributed by atoms with Crippen molar-refractivity contribution in [1.29, 1.82) is 0 Å². The highest BCUT2D eigenvalue weighted by molar-refractivity contribution is 5.92. The molecule has 6 heteroatoms. The van der Waals surface area contributed by atoms with Crippen molar-refractivity contribution in [3.63, 3.8) is 0 Å². The zero-order valence-electron chi connectivity index (χ0n) is 10.8. The summed E-state index contributed by atoms with van der Waals surface area (Å²) in [6, 6.07) is 6.89. The maximum absolute atomic E-state index is 13.3. The quantitative estimate of drug-likeness (QED) is 0.828. The lowest BCUT2D eigenvalue weighted by atomic mass is 9.95. The Morgan fingerprint density at radius 1 is 1.14 bits per heavy atom. The number of carbonyl (C=O) groups is 1. The first-order valence-electron chi connectivity index (χ1n) is 5.92. The van der Waals surface area contributed by atoms with Gasteiger partial charge in [-0.3, -0.25) is 0 Å². The highest BCUT2D eigenvalue weighted by Crippen LogP contribution is 2.35. The minimum Gasteiger partial charge on any atom is -0.478 e. The Hall–Kier alpha value is -2.37. The summed E-state index contributed by atoms with van der Waals surface area (Å²) in [5.74, 6) is -2.54. The molecule has 0 amide bonds. The van der Waals surface area contributed by atoms with Crippen LogP contribution in [0.2, 0.25) is 0 Å². The second-order valence-corrected chi connectivity index (χ2v) is 4.48. The second-order valence-electron chi connectivity index (χ2n) is 4.48. The van der Waals surface area contributed by atoms with E-state index < -0.39 is 23.5 Å². The molecule has 0 aliphatic rings. The van der Waals surface area contributed by atoms with E-state index in [4.69, 9.17) is 5.11 Å². The van der Waals surface area contributed by atoms with Gasteiger partial charge in [-0.2, -0.15) is 13.2 Å². The number of benzene rings is 2. The predicted octanol–water partition coefficient (Wildman–Crippen LogP) is 4.52. The first kappa shape index (κ1) is 15.0. The van der Waals surface area contributed by atoms with Gasteiger partial charge in [0.05, 0.1) is 11.1 Å². The Balaban J connectivity index is 2.64. The number of carboxylic acids is 1. The fourth-order valence-electron chi connectivity index (χ4n) is 2.09. The number of hydrogen-bond donors (Lipinski definition) is 1. The SMILES string of the molecule is Cc1c(C(=O)O)cccc1-c1ccc(F)c(C(F)(F)F)c1. The monoisotopic (exact) mass is 298 g/mol. The van der Waals surface area contributed by atoms with Crippen molar-refractivity contribution in [2.75, 3.05) is 0 Å². The molecule has 2 nitrogen and oxygen atoms in total. The Labute approximate surface area is 117 Å². The number of carboxylic acid groups (broad SMARTS) is 1. The van der Waals surface area contributed by atoms with Gasteiger partial charge in [0.2, 0.25) is 0 Å². The van der Waals surface area contributed by atoms with Crippen molar-refractivity contribution in [2.45, 2.75) is 13.1 Å². The lowest BCUT2D eigenvalue weighted by molar-refractivity contribution is -0.139. The molecule has 110 valence electrons. The third-order valence-electron chi connectivity index (χ3n) is 3.15. The molecule has 1 N–H and O–H groups in total. The molecule has 2 aromatic carbocycles. The van der Waals surface area contributed by atoms with Gasteiger partial charge in [-0.05, 0) is 41.8 Å². The average Bonchev–Trinajstić information content (AvgIpc) is 2.38. The summed E-state index contributed by atoms with van der Waals surface area (Å²) in [6.45, 7) is 1.50. The van der Waals surface area contributed by atoms with Gasteiger partial charge in [0.15, 0.2) is 0 Å². The van der Waals surface area contributed by atoms with Crippen molar-refractivity contribution in [1.82, 2.24) is 0 Å². The minimum absolute atomic E-state index is 0.00890. The van der Waals surface area contributed by atoms with Crippen molar-refractivity contribution in [3.05, 3.63) is 58.9 Å². The lowest BCUT2D eigenvalue weighted by Gasteiger charge is -2.13. The summed E-state index contributed by atoms with van der Waals surface area (Å²) < 4.78 is 51.4. The minimum atomic E-state index is -4.81. The summed E-state index contributed by atoms with van der Waals surface area (Å²) >= 11 is 0. The molecule has 2 rings (SSSR count). The van der Waals surface area contributed by atoms with Crippen LogP contribution in [0, 0.1) is 12.7 Å². The summed E-state index contributed by atoms with van der Waals surface area (Å²) in [5.41, 5.74) is -0.625. The maximum atomic E-state index is 13.3. The van der Waals surface area contributed by atoms with Crippen LogP contribution in [0.5, 0.6) is 0 Å². The number of rotatable bonds is 2. The Morgan fingerprint density at radius 2 is 1.81 bits per heavy atom. The van der Waals surface area contributed by atoms with Crippen molar-refractivity contribution in [3.8, 4) is 11.1 Å². The molecule has 0 unspecified atom stereocenters. The molecule has 0 bridgehead atoms. The topological polar surface area (TPSA) is 37.3 Å². The molecule has 0 spiro atoms. The lowest BCUT2D eigenvalue weighted by Crippen LogP contribution is -2.08. The molecule has 0 aliphatic heterocycles. The third-order valence-corrected chi connectivity index (χ3v) is 3.15. The highest BCUT2D eigenvalue weighted by Gasteiger charge is 2.34. The first-order chi connectivity index (χ1) is 9.71. The zero-order chi connectivity index (χ0) is 15.8. The zero-order valence-corrected chi connectivity index (χ0v) is 10.8. The Bertz CT molecular complexity index is 705. The molecular weight excluding hydrogens is 288 g/mol. The van der Waals surface area contributed by atoms with Gasteiger partial charge in [-0.25, -0.2) is 9.18 Å². The van der Waals surface area contributed by atoms with E-state index in [0.29, 0.717) is 17.2 Å². The van der Waals surface area contributed by atoms with E-state index in [1.165, 1.54) is 31.2 Å². The summed E-state index contributed by atoms with van der Waals surface area (Å²) in [7, 11) is 0. The fraction of sp³-hybridized carbons (Fsp3) is 0.133. The van der Waals surface area contributed by atoms with Gasteiger partial charge >= 0.3 is 12.1 Å². The maximum Gasteiger partial charge on any atom is 0.419 e. The molecule has 0 saturated carbocycles. The van der Waals surface area contributed by atoms with E-state index in [0.717, 1.165) is 6.07 Å². The van der Waals surface area contributed by atoms with Gasteiger partial charge in [-0.15, -0.1) is 0 Å². The third kappa shape index (κ3) is 2.89. The van der Waals surface area contributed by atoms with Crippen molar-refractivity contribution in [2.24, 2.45) is 0 Å². The molecule has 0 saturated heterocycles. The molecule has 0 atom stereocenters. The molecule has 0 heterocycles. The van der Waals surface area contributed by atoms with Gasteiger partial charge in [-0.1, -0.05) is 18.2 Å². The molecule has 0 fully saturated rings. The molecular formula is C15H10F4O2. The standard InChI is InChI=1S/C15H10F4O2/c1-8-10(3-2-4-11(8)14(20)21)9-5-6-13(16)12(7-9)15(17,18)19/h2-7H,1H3,(H,20,21). The van der Waals surface area contributed by atoms with Crippen LogP contribution < -0.4 is 0 Å². The van der Waals surface area contributed by atoms with Crippen LogP contribution in [-0.4, -0.2) is 11.1 Å². The fourth-order valence-corrected chi connectivity index (χ4v) is 2.09. The molecule has 0 radical (unpaired) electrons. The summed E-state index contributed by atoms with van der Waals surface area (Å²) in [5, 5.41) is 9.02. The van der Waals surface area contributed by atoms with E-state index in [9.17, 15) is 22.4 Å². The second kappa shape index (κ2) is 5.20. The highest BCUT2D eigenvalue weighted by atomic mass is 19.4. The molecule has 0 aliphatic carbocycles. The Morgan fingerprint density at radius 3 is 2.38 bits per heavy atom. The van der Waals surface area contributed by atoms with Crippen molar-refractivity contribution >= 4 is 5.97 Å². The number of hydrogen-bond acceptors (Lipinski definition) is 1. The van der Waals surface area contributed by atoms with Crippen LogP contribution in [0.4, 0.5) is 17.6 Å². The number of alkyl halides is 3. The predicted molar refractivity (Wildman–Crippen MR) is 68.5 cm³/mol. The van der Waals surface area contributed by atoms with Crippen molar-refractivity contribution < 1.29 is 27.5 Å². The van der Waals surface area contributed by atoms with Gasteiger partial charge < -0.3 is 5.11 Å². The summed E-state index contributed by atoms with van der Waals surface area (Å²) in [6.07, 6.45) is -4.81. The number of aromatic carboxylic acids is 1. The van der Waals surface area contributed by atoms with E-state index >= 15 is 0 Å². The van der Waals surface area contributed by atoms with Gasteiger partial charge in [0.25, 0.3) is 0 Å². The summed E-state index contributed by atoms with van der Waals surface area (Å²) in [4.78, 5) is 11.0. The van der Waals surface area contributed by atoms with Crippen LogP contribution in [0.1, 0.15) is 21.5 Å². The van der Waals surface area contributed by atoms with E-state index in [-0.39, 0.29) is 11.1 Å². The van der Waals surface area contributed by atoms with E-state index in [2.05, 4.69) is 0 Å².